The first-order chi connectivity index (χ1) is 6.69. The molecule has 4 nitrogen and oxygen atoms in total. The molecule has 0 saturated carbocycles. The number of hydrogen-bond acceptors (Lipinski definition) is 4. The van der Waals surface area contributed by atoms with Crippen molar-refractivity contribution in [1.29, 1.82) is 0 Å². The largest absolute Gasteiger partial charge is 0.368 e. The Morgan fingerprint density at radius 1 is 1.36 bits per heavy atom. The molecule has 1 aromatic heterocycles. The molecule has 0 aliphatic rings. The standard InChI is InChI=1S/C9H18N4S/c1-4-7(5-2)6-14-9-12-11-8(10)13(9)3/h7H,4-6H2,1-3H3,(H2,10,11). The molecule has 0 aliphatic heterocycles. The summed E-state index contributed by atoms with van der Waals surface area (Å²) < 4.78 is 1.83. The Kier molecular flexibility index (Phi) is 4.25. The van der Waals surface area contributed by atoms with Gasteiger partial charge in [0.2, 0.25) is 5.95 Å². The Morgan fingerprint density at radius 3 is 2.43 bits per heavy atom. The van der Waals surface area contributed by atoms with Gasteiger partial charge in [-0.2, -0.15) is 0 Å². The summed E-state index contributed by atoms with van der Waals surface area (Å²) in [5.74, 6) is 2.34. The molecule has 2 N–H and O–H groups in total. The fourth-order valence-electron chi connectivity index (χ4n) is 1.17. The lowest BCUT2D eigenvalue weighted by molar-refractivity contribution is 0.552. The second-order valence-electron chi connectivity index (χ2n) is 3.39. The lowest BCUT2D eigenvalue weighted by Crippen LogP contribution is -2.02. The normalized spacial score (nSPS) is 11.1. The highest BCUT2D eigenvalue weighted by molar-refractivity contribution is 7.99. The Hall–Kier alpha value is -0.710. The van der Waals surface area contributed by atoms with Crippen molar-refractivity contribution < 1.29 is 0 Å². The minimum atomic E-state index is 0.483. The van der Waals surface area contributed by atoms with Gasteiger partial charge in [-0.15, -0.1) is 10.2 Å². The number of thioether (sulfide) groups is 1. The van der Waals surface area contributed by atoms with E-state index in [1.165, 1.54) is 12.8 Å². The Bertz CT molecular complexity index is 280. The van der Waals surface area contributed by atoms with E-state index in [-0.39, 0.29) is 0 Å². The molecule has 1 rings (SSSR count). The van der Waals surface area contributed by atoms with E-state index in [1.54, 1.807) is 11.8 Å². The van der Waals surface area contributed by atoms with Gasteiger partial charge in [0.1, 0.15) is 0 Å². The van der Waals surface area contributed by atoms with E-state index in [2.05, 4.69) is 24.0 Å². The number of nitrogen functional groups attached to an aromatic ring is 1. The quantitative estimate of drug-likeness (QED) is 0.761. The minimum absolute atomic E-state index is 0.483. The first kappa shape index (κ1) is 11.4. The molecule has 0 amide bonds. The van der Waals surface area contributed by atoms with Crippen molar-refractivity contribution >= 4 is 17.7 Å². The summed E-state index contributed by atoms with van der Waals surface area (Å²) >= 11 is 1.73. The van der Waals surface area contributed by atoms with Crippen molar-refractivity contribution in [2.45, 2.75) is 31.8 Å². The molecular formula is C9H18N4S. The lowest BCUT2D eigenvalue weighted by atomic mass is 10.1. The summed E-state index contributed by atoms with van der Waals surface area (Å²) in [6, 6.07) is 0. The SMILES string of the molecule is CCC(CC)CSc1nnc(N)n1C. The molecule has 0 aliphatic carbocycles. The topological polar surface area (TPSA) is 56.7 Å². The molecule has 0 spiro atoms. The van der Waals surface area contributed by atoms with E-state index in [4.69, 9.17) is 5.73 Å². The van der Waals surface area contributed by atoms with Gasteiger partial charge in [0.15, 0.2) is 5.16 Å². The summed E-state index contributed by atoms with van der Waals surface area (Å²) in [7, 11) is 1.89. The smallest absolute Gasteiger partial charge is 0.222 e. The highest BCUT2D eigenvalue weighted by atomic mass is 32.2. The zero-order valence-electron chi connectivity index (χ0n) is 9.03. The van der Waals surface area contributed by atoms with Gasteiger partial charge in [-0.1, -0.05) is 38.5 Å². The van der Waals surface area contributed by atoms with Gasteiger partial charge in [0.25, 0.3) is 0 Å². The predicted octanol–water partition coefficient (Wildman–Crippen LogP) is 1.93. The third-order valence-corrected chi connectivity index (χ3v) is 3.72. The molecule has 5 heteroatoms. The highest BCUT2D eigenvalue weighted by Gasteiger charge is 2.09. The van der Waals surface area contributed by atoms with Crippen LogP contribution in [-0.2, 0) is 7.05 Å². The second-order valence-corrected chi connectivity index (χ2v) is 4.38. The summed E-state index contributed by atoms with van der Waals surface area (Å²) in [6.07, 6.45) is 2.44. The van der Waals surface area contributed by atoms with Crippen molar-refractivity contribution in [2.75, 3.05) is 11.5 Å². The molecule has 0 aromatic carbocycles. The minimum Gasteiger partial charge on any atom is -0.368 e. The summed E-state index contributed by atoms with van der Waals surface area (Å²) in [4.78, 5) is 0. The van der Waals surface area contributed by atoms with E-state index in [9.17, 15) is 0 Å². The molecule has 0 bridgehead atoms. The van der Waals surface area contributed by atoms with E-state index < -0.39 is 0 Å². The van der Waals surface area contributed by atoms with Crippen LogP contribution in [0.1, 0.15) is 26.7 Å². The van der Waals surface area contributed by atoms with Crippen molar-refractivity contribution in [3.05, 3.63) is 0 Å². The van der Waals surface area contributed by atoms with Crippen LogP contribution in [-0.4, -0.2) is 20.5 Å². The Balaban J connectivity index is 2.49. The zero-order valence-corrected chi connectivity index (χ0v) is 9.84. The van der Waals surface area contributed by atoms with Crippen LogP contribution >= 0.6 is 11.8 Å². The van der Waals surface area contributed by atoms with E-state index in [0.717, 1.165) is 16.8 Å². The van der Waals surface area contributed by atoms with Crippen LogP contribution in [0.2, 0.25) is 0 Å². The van der Waals surface area contributed by atoms with Crippen LogP contribution < -0.4 is 5.73 Å². The average molecular weight is 214 g/mol. The maximum atomic E-state index is 5.59. The van der Waals surface area contributed by atoms with Crippen LogP contribution in [0.3, 0.4) is 0 Å². The molecule has 0 radical (unpaired) electrons. The maximum absolute atomic E-state index is 5.59. The van der Waals surface area contributed by atoms with Crippen molar-refractivity contribution in [3.63, 3.8) is 0 Å². The molecule has 1 aromatic rings. The van der Waals surface area contributed by atoms with Crippen molar-refractivity contribution in [3.8, 4) is 0 Å². The van der Waals surface area contributed by atoms with E-state index in [0.29, 0.717) is 5.95 Å². The van der Waals surface area contributed by atoms with Crippen LogP contribution in [0, 0.1) is 5.92 Å². The van der Waals surface area contributed by atoms with E-state index in [1.807, 2.05) is 11.6 Å². The lowest BCUT2D eigenvalue weighted by Gasteiger charge is -2.10. The van der Waals surface area contributed by atoms with Crippen LogP contribution in [0.4, 0.5) is 5.95 Å². The van der Waals surface area contributed by atoms with Crippen LogP contribution in [0.25, 0.3) is 0 Å². The summed E-state index contributed by atoms with van der Waals surface area (Å²) in [5, 5.41) is 8.73. The summed E-state index contributed by atoms with van der Waals surface area (Å²) in [6.45, 7) is 4.44. The fraction of sp³-hybridized carbons (Fsp3) is 0.778. The van der Waals surface area contributed by atoms with Crippen molar-refractivity contribution in [1.82, 2.24) is 14.8 Å². The number of rotatable bonds is 5. The fourth-order valence-corrected chi connectivity index (χ4v) is 2.41. The molecule has 80 valence electrons. The first-order valence-electron chi connectivity index (χ1n) is 4.96. The third-order valence-electron chi connectivity index (χ3n) is 2.47. The first-order valence-corrected chi connectivity index (χ1v) is 5.95. The maximum Gasteiger partial charge on any atom is 0.222 e. The Labute approximate surface area is 89.3 Å². The summed E-state index contributed by atoms with van der Waals surface area (Å²) in [5.41, 5.74) is 5.59. The number of anilines is 1. The zero-order chi connectivity index (χ0) is 10.6. The molecule has 0 fully saturated rings. The molecular weight excluding hydrogens is 196 g/mol. The predicted molar refractivity (Wildman–Crippen MR) is 60.2 cm³/mol. The molecule has 0 atom stereocenters. The second kappa shape index (κ2) is 5.24. The van der Waals surface area contributed by atoms with Crippen LogP contribution in [0.5, 0.6) is 0 Å². The van der Waals surface area contributed by atoms with Crippen molar-refractivity contribution in [2.24, 2.45) is 13.0 Å². The van der Waals surface area contributed by atoms with Gasteiger partial charge in [0, 0.05) is 12.8 Å². The van der Waals surface area contributed by atoms with Crippen LogP contribution in [0.15, 0.2) is 5.16 Å². The monoisotopic (exact) mass is 214 g/mol. The number of nitrogens with zero attached hydrogens (tertiary/aromatic N) is 3. The van der Waals surface area contributed by atoms with Gasteiger partial charge < -0.3 is 5.73 Å². The number of nitrogens with two attached hydrogens (primary N) is 1. The highest BCUT2D eigenvalue weighted by Crippen LogP contribution is 2.22. The average Bonchev–Trinajstić information content (AvgIpc) is 2.51. The number of hydrogen-bond donors (Lipinski definition) is 1. The van der Waals surface area contributed by atoms with Gasteiger partial charge in [0.05, 0.1) is 0 Å². The third kappa shape index (κ3) is 2.64. The molecule has 1 heterocycles. The Morgan fingerprint density at radius 2 is 2.00 bits per heavy atom. The van der Waals surface area contributed by atoms with E-state index >= 15 is 0 Å². The molecule has 0 unspecified atom stereocenters. The van der Waals surface area contributed by atoms with Gasteiger partial charge >= 0.3 is 0 Å². The number of aromatic nitrogens is 3. The van der Waals surface area contributed by atoms with Gasteiger partial charge in [-0.05, 0) is 5.92 Å². The molecule has 14 heavy (non-hydrogen) atoms. The molecule has 0 saturated heterocycles. The van der Waals surface area contributed by atoms with Gasteiger partial charge in [-0.3, -0.25) is 4.57 Å². The van der Waals surface area contributed by atoms with Gasteiger partial charge in [-0.25, -0.2) is 0 Å².